The van der Waals surface area contributed by atoms with Gasteiger partial charge in [0.1, 0.15) is 5.41 Å². The molecule has 2 fully saturated rings. The third kappa shape index (κ3) is 3.02. The van der Waals surface area contributed by atoms with E-state index in [-0.39, 0.29) is 37.3 Å². The number of carboxylic acid groups (broad SMARTS) is 1. The van der Waals surface area contributed by atoms with Gasteiger partial charge in [-0.3, -0.25) is 14.4 Å². The zero-order valence-corrected chi connectivity index (χ0v) is 12.5. The third-order valence-corrected chi connectivity index (χ3v) is 4.45. The van der Waals surface area contributed by atoms with E-state index in [0.717, 1.165) is 0 Å². The zero-order chi connectivity index (χ0) is 15.6. The smallest absolute Gasteiger partial charge is 0.313 e. The number of amides is 2. The first-order valence-electron chi connectivity index (χ1n) is 7.15. The van der Waals surface area contributed by atoms with Gasteiger partial charge in [0, 0.05) is 40.2 Å². The van der Waals surface area contributed by atoms with Crippen LogP contribution in [0.4, 0.5) is 0 Å². The molecule has 0 aromatic carbocycles. The van der Waals surface area contributed by atoms with Gasteiger partial charge in [-0.2, -0.15) is 0 Å². The molecule has 2 heterocycles. The molecule has 2 aliphatic heterocycles. The molecule has 2 unspecified atom stereocenters. The third-order valence-electron chi connectivity index (χ3n) is 4.45. The van der Waals surface area contributed by atoms with Crippen molar-refractivity contribution < 1.29 is 24.2 Å². The van der Waals surface area contributed by atoms with Crippen molar-refractivity contribution in [3.63, 3.8) is 0 Å². The molecule has 2 saturated heterocycles. The molecule has 7 heteroatoms. The first-order chi connectivity index (χ1) is 9.89. The van der Waals surface area contributed by atoms with Gasteiger partial charge in [0.05, 0.1) is 12.5 Å². The average Bonchev–Trinajstić information content (AvgIpc) is 2.78. The largest absolute Gasteiger partial charge is 0.481 e. The van der Waals surface area contributed by atoms with Crippen LogP contribution in [0.25, 0.3) is 0 Å². The Morgan fingerprint density at radius 3 is 2.71 bits per heavy atom. The minimum atomic E-state index is -1.03. The lowest BCUT2D eigenvalue weighted by molar-refractivity contribution is -0.160. The number of carbonyl (C=O) groups is 3. The van der Waals surface area contributed by atoms with Gasteiger partial charge < -0.3 is 19.6 Å². The van der Waals surface area contributed by atoms with Crippen LogP contribution < -0.4 is 0 Å². The molecular formula is C14H22N2O5. The Labute approximate surface area is 123 Å². The number of carbonyl (C=O) groups excluding carboxylic acids is 2. The van der Waals surface area contributed by atoms with E-state index < -0.39 is 11.4 Å². The van der Waals surface area contributed by atoms with Crippen LogP contribution in [-0.4, -0.2) is 73.1 Å². The Morgan fingerprint density at radius 1 is 1.48 bits per heavy atom. The lowest BCUT2D eigenvalue weighted by atomic mass is 9.80. The van der Waals surface area contributed by atoms with Crippen molar-refractivity contribution >= 4 is 17.8 Å². The van der Waals surface area contributed by atoms with Crippen molar-refractivity contribution in [2.45, 2.75) is 19.3 Å². The topological polar surface area (TPSA) is 87.1 Å². The first-order valence-corrected chi connectivity index (χ1v) is 7.15. The van der Waals surface area contributed by atoms with Crippen molar-refractivity contribution in [3.05, 3.63) is 0 Å². The molecule has 0 saturated carbocycles. The van der Waals surface area contributed by atoms with Crippen LogP contribution in [0.1, 0.15) is 19.3 Å². The maximum atomic E-state index is 12.5. The van der Waals surface area contributed by atoms with Crippen LogP contribution in [0.2, 0.25) is 0 Å². The van der Waals surface area contributed by atoms with Crippen LogP contribution in [0.15, 0.2) is 0 Å². The molecule has 0 aromatic rings. The summed E-state index contributed by atoms with van der Waals surface area (Å²) in [5, 5.41) is 9.49. The molecule has 0 bridgehead atoms. The monoisotopic (exact) mass is 298 g/mol. The van der Waals surface area contributed by atoms with E-state index in [2.05, 4.69) is 0 Å². The summed E-state index contributed by atoms with van der Waals surface area (Å²) < 4.78 is 5.05. The lowest BCUT2D eigenvalue weighted by Gasteiger charge is -2.40. The van der Waals surface area contributed by atoms with Crippen molar-refractivity contribution in [2.75, 3.05) is 40.4 Å². The SMILES string of the molecule is COCC1(C(=O)O)CCCN(C(=O)C2CC(=O)N(C)C2)C1. The summed E-state index contributed by atoms with van der Waals surface area (Å²) in [6.45, 7) is 1.21. The highest BCUT2D eigenvalue weighted by atomic mass is 16.5. The number of likely N-dealkylation sites (tertiary alicyclic amines) is 2. The summed E-state index contributed by atoms with van der Waals surface area (Å²) in [7, 11) is 3.15. The first kappa shape index (κ1) is 15.8. The lowest BCUT2D eigenvalue weighted by Crippen LogP contribution is -2.53. The Bertz CT molecular complexity index is 449. The van der Waals surface area contributed by atoms with Crippen molar-refractivity contribution in [2.24, 2.45) is 11.3 Å². The molecule has 2 atom stereocenters. The summed E-state index contributed by atoms with van der Waals surface area (Å²) >= 11 is 0. The van der Waals surface area contributed by atoms with Gasteiger partial charge in [-0.15, -0.1) is 0 Å². The van der Waals surface area contributed by atoms with Gasteiger partial charge in [-0.05, 0) is 12.8 Å². The Balaban J connectivity index is 2.08. The summed E-state index contributed by atoms with van der Waals surface area (Å²) in [6.07, 6.45) is 1.36. The Morgan fingerprint density at radius 2 is 2.19 bits per heavy atom. The van der Waals surface area contributed by atoms with Gasteiger partial charge in [0.2, 0.25) is 11.8 Å². The standard InChI is InChI=1S/C14H22N2O5/c1-15-7-10(6-11(15)17)12(18)16-5-3-4-14(8-16,9-21-2)13(19)20/h10H,3-9H2,1-2H3,(H,19,20). The molecule has 21 heavy (non-hydrogen) atoms. The van der Waals surface area contributed by atoms with Crippen LogP contribution in [0.5, 0.6) is 0 Å². The number of hydrogen-bond acceptors (Lipinski definition) is 4. The number of carboxylic acids is 1. The molecule has 2 aliphatic rings. The summed E-state index contributed by atoms with van der Waals surface area (Å²) in [4.78, 5) is 38.8. The molecule has 2 amide bonds. The van der Waals surface area contributed by atoms with Gasteiger partial charge >= 0.3 is 5.97 Å². The van der Waals surface area contributed by atoms with E-state index >= 15 is 0 Å². The fraction of sp³-hybridized carbons (Fsp3) is 0.786. The molecule has 0 radical (unpaired) electrons. The average molecular weight is 298 g/mol. The fourth-order valence-corrected chi connectivity index (χ4v) is 3.24. The normalized spacial score (nSPS) is 29.8. The van der Waals surface area contributed by atoms with E-state index in [1.54, 1.807) is 16.8 Å². The van der Waals surface area contributed by atoms with E-state index in [1.165, 1.54) is 7.11 Å². The molecule has 0 aliphatic carbocycles. The van der Waals surface area contributed by atoms with Gasteiger partial charge in [0.25, 0.3) is 0 Å². The van der Waals surface area contributed by atoms with E-state index in [0.29, 0.717) is 25.9 Å². The second-order valence-electron chi connectivity index (χ2n) is 6.06. The molecule has 2 rings (SSSR count). The zero-order valence-electron chi connectivity index (χ0n) is 12.5. The second kappa shape index (κ2) is 6.01. The highest BCUT2D eigenvalue weighted by Gasteiger charge is 2.45. The second-order valence-corrected chi connectivity index (χ2v) is 6.06. The maximum Gasteiger partial charge on any atom is 0.313 e. The fourth-order valence-electron chi connectivity index (χ4n) is 3.24. The van der Waals surface area contributed by atoms with E-state index in [9.17, 15) is 19.5 Å². The number of piperidine rings is 1. The number of nitrogens with zero attached hydrogens (tertiary/aromatic N) is 2. The molecule has 1 N–H and O–H groups in total. The quantitative estimate of drug-likeness (QED) is 0.777. The molecule has 0 aromatic heterocycles. The highest BCUT2D eigenvalue weighted by molar-refractivity contribution is 5.89. The van der Waals surface area contributed by atoms with E-state index in [1.807, 2.05) is 0 Å². The maximum absolute atomic E-state index is 12.5. The predicted octanol–water partition coefficient (Wildman–Crippen LogP) is -0.195. The number of aliphatic carboxylic acids is 1. The number of rotatable bonds is 4. The van der Waals surface area contributed by atoms with Crippen LogP contribution >= 0.6 is 0 Å². The van der Waals surface area contributed by atoms with Crippen molar-refractivity contribution in [1.29, 1.82) is 0 Å². The number of methoxy groups -OCH3 is 1. The van der Waals surface area contributed by atoms with Crippen LogP contribution in [0, 0.1) is 11.3 Å². The molecule has 118 valence electrons. The summed E-state index contributed by atoms with van der Waals surface area (Å²) in [5.41, 5.74) is -1.03. The van der Waals surface area contributed by atoms with E-state index in [4.69, 9.17) is 4.74 Å². The van der Waals surface area contributed by atoms with Gasteiger partial charge in [-0.25, -0.2) is 0 Å². The minimum absolute atomic E-state index is 0.0354. The molecule has 0 spiro atoms. The van der Waals surface area contributed by atoms with Gasteiger partial charge in [0.15, 0.2) is 0 Å². The predicted molar refractivity (Wildman–Crippen MR) is 73.5 cm³/mol. The van der Waals surface area contributed by atoms with Crippen molar-refractivity contribution in [3.8, 4) is 0 Å². The highest BCUT2D eigenvalue weighted by Crippen LogP contribution is 2.32. The molecular weight excluding hydrogens is 276 g/mol. The Kier molecular flexibility index (Phi) is 4.51. The molecule has 7 nitrogen and oxygen atoms in total. The minimum Gasteiger partial charge on any atom is -0.481 e. The van der Waals surface area contributed by atoms with Gasteiger partial charge in [-0.1, -0.05) is 0 Å². The number of hydrogen-bond donors (Lipinski definition) is 1. The number of ether oxygens (including phenoxy) is 1. The summed E-state index contributed by atoms with van der Waals surface area (Å²) in [5.74, 6) is -1.43. The summed E-state index contributed by atoms with van der Waals surface area (Å²) in [6, 6.07) is 0. The van der Waals surface area contributed by atoms with Crippen molar-refractivity contribution in [1.82, 2.24) is 9.80 Å². The Hall–Kier alpha value is -1.63. The van der Waals surface area contributed by atoms with Crippen LogP contribution in [-0.2, 0) is 19.1 Å². The van der Waals surface area contributed by atoms with Crippen LogP contribution in [0.3, 0.4) is 0 Å².